The first-order valence-electron chi connectivity index (χ1n) is 5.72. The fourth-order valence-electron chi connectivity index (χ4n) is 1.32. The van der Waals surface area contributed by atoms with Crippen LogP contribution in [0.25, 0.3) is 0 Å². The van der Waals surface area contributed by atoms with Crippen molar-refractivity contribution >= 4 is 10.0 Å². The molecule has 0 bridgehead atoms. The third kappa shape index (κ3) is 9.67. The summed E-state index contributed by atoms with van der Waals surface area (Å²) >= 11 is 0. The maximum atomic E-state index is 11.9. The Balaban J connectivity index is 4.09. The highest BCUT2D eigenvalue weighted by Crippen LogP contribution is 2.22. The highest BCUT2D eigenvalue weighted by atomic mass is 32.2. The lowest BCUT2D eigenvalue weighted by atomic mass is 9.90. The van der Waals surface area contributed by atoms with Gasteiger partial charge in [0.15, 0.2) is 0 Å². The summed E-state index contributed by atoms with van der Waals surface area (Å²) in [5, 5.41) is 0. The van der Waals surface area contributed by atoms with Crippen LogP contribution in [0.2, 0.25) is 0 Å². The second-order valence-corrected chi connectivity index (χ2v) is 6.99. The van der Waals surface area contributed by atoms with E-state index in [0.29, 0.717) is 13.0 Å². The first-order chi connectivity index (χ1) is 7.97. The average molecular weight is 290 g/mol. The Bertz CT molecular complexity index is 340. The monoisotopic (exact) mass is 290 g/mol. The molecule has 110 valence electrons. The van der Waals surface area contributed by atoms with Crippen LogP contribution in [0.3, 0.4) is 0 Å². The third-order valence-corrected chi connectivity index (χ3v) is 3.88. The summed E-state index contributed by atoms with van der Waals surface area (Å²) in [7, 11) is -3.65. The van der Waals surface area contributed by atoms with Crippen molar-refractivity contribution in [3.05, 3.63) is 0 Å². The molecule has 8 heteroatoms. The topological polar surface area (TPSA) is 72.2 Å². The van der Waals surface area contributed by atoms with Gasteiger partial charge in [-0.3, -0.25) is 0 Å². The van der Waals surface area contributed by atoms with E-state index in [1.54, 1.807) is 0 Å². The lowest BCUT2D eigenvalue weighted by molar-refractivity contribution is -0.134. The van der Waals surface area contributed by atoms with E-state index in [0.717, 1.165) is 0 Å². The molecular weight excluding hydrogens is 269 g/mol. The molecular formula is C10H21F3N2O2S. The summed E-state index contributed by atoms with van der Waals surface area (Å²) in [4.78, 5) is 0. The Morgan fingerprint density at radius 1 is 1.17 bits per heavy atom. The molecule has 0 heterocycles. The van der Waals surface area contributed by atoms with Crippen LogP contribution in [-0.4, -0.2) is 33.4 Å². The summed E-state index contributed by atoms with van der Waals surface area (Å²) < 4.78 is 60.9. The third-order valence-electron chi connectivity index (χ3n) is 2.47. The fraction of sp³-hybridized carbons (Fsp3) is 1.00. The molecule has 0 spiro atoms. The predicted octanol–water partition coefficient (Wildman–Crippen LogP) is 1.62. The minimum Gasteiger partial charge on any atom is -0.330 e. The molecule has 0 saturated heterocycles. The largest absolute Gasteiger partial charge is 0.389 e. The Hall–Kier alpha value is -0.340. The van der Waals surface area contributed by atoms with Gasteiger partial charge in [0.1, 0.15) is 0 Å². The van der Waals surface area contributed by atoms with Gasteiger partial charge in [-0.15, -0.1) is 0 Å². The van der Waals surface area contributed by atoms with Crippen LogP contribution in [-0.2, 0) is 10.0 Å². The van der Waals surface area contributed by atoms with Gasteiger partial charge in [0, 0.05) is 13.0 Å². The van der Waals surface area contributed by atoms with E-state index < -0.39 is 34.8 Å². The van der Waals surface area contributed by atoms with Gasteiger partial charge >= 0.3 is 6.18 Å². The number of rotatable bonds is 8. The average Bonchev–Trinajstić information content (AvgIpc) is 2.13. The molecule has 3 N–H and O–H groups in total. The zero-order chi connectivity index (χ0) is 14.4. The van der Waals surface area contributed by atoms with Crippen molar-refractivity contribution in [1.29, 1.82) is 0 Å². The van der Waals surface area contributed by atoms with Crippen molar-refractivity contribution in [2.45, 2.75) is 39.3 Å². The summed E-state index contributed by atoms with van der Waals surface area (Å²) in [5.41, 5.74) is 5.08. The van der Waals surface area contributed by atoms with Crippen molar-refractivity contribution in [2.75, 3.05) is 18.8 Å². The summed E-state index contributed by atoms with van der Waals surface area (Å²) in [5.74, 6) is -0.509. The van der Waals surface area contributed by atoms with Crippen molar-refractivity contribution in [3.8, 4) is 0 Å². The van der Waals surface area contributed by atoms with Gasteiger partial charge in [-0.2, -0.15) is 13.2 Å². The van der Waals surface area contributed by atoms with Crippen molar-refractivity contribution in [1.82, 2.24) is 4.72 Å². The molecule has 0 aliphatic carbocycles. The number of hydrogen-bond donors (Lipinski definition) is 2. The number of sulfonamides is 1. The lowest BCUT2D eigenvalue weighted by Crippen LogP contribution is -2.36. The zero-order valence-electron chi connectivity index (χ0n) is 10.7. The summed E-state index contributed by atoms with van der Waals surface area (Å²) in [6.45, 7) is 4.30. The van der Waals surface area contributed by atoms with E-state index in [-0.39, 0.29) is 12.0 Å². The minimum absolute atomic E-state index is 0.179. The second kappa shape index (κ2) is 6.72. The van der Waals surface area contributed by atoms with Crippen molar-refractivity contribution in [2.24, 2.45) is 11.1 Å². The summed E-state index contributed by atoms with van der Waals surface area (Å²) in [6.07, 6.45) is -5.18. The number of halogens is 3. The number of nitrogens with two attached hydrogens (primary N) is 1. The quantitative estimate of drug-likeness (QED) is 0.713. The molecule has 0 fully saturated rings. The van der Waals surface area contributed by atoms with Crippen LogP contribution in [0.1, 0.15) is 33.1 Å². The summed E-state index contributed by atoms with van der Waals surface area (Å²) in [6, 6.07) is 0. The lowest BCUT2D eigenvalue weighted by Gasteiger charge is -2.24. The standard InChI is InChI=1S/C10H21F3N2O2S/c1-9(2,5-6-14)8-15-18(16,17)7-3-4-10(11,12)13/h15H,3-8,14H2,1-2H3. The second-order valence-electron chi connectivity index (χ2n) is 5.06. The molecule has 18 heavy (non-hydrogen) atoms. The van der Waals surface area contributed by atoms with E-state index in [1.165, 1.54) is 0 Å². The molecule has 0 unspecified atom stereocenters. The molecule has 0 saturated carbocycles. The molecule has 0 radical (unpaired) electrons. The van der Waals surface area contributed by atoms with Crippen LogP contribution < -0.4 is 10.5 Å². The van der Waals surface area contributed by atoms with Gasteiger partial charge in [0.25, 0.3) is 0 Å². The van der Waals surface area contributed by atoms with Crippen molar-refractivity contribution in [3.63, 3.8) is 0 Å². The number of alkyl halides is 3. The highest BCUT2D eigenvalue weighted by molar-refractivity contribution is 7.89. The van der Waals surface area contributed by atoms with E-state index in [9.17, 15) is 21.6 Å². The first kappa shape index (κ1) is 17.7. The van der Waals surface area contributed by atoms with E-state index in [2.05, 4.69) is 4.72 Å². The van der Waals surface area contributed by atoms with Gasteiger partial charge < -0.3 is 5.73 Å². The molecule has 0 aliphatic rings. The molecule has 0 aromatic rings. The van der Waals surface area contributed by atoms with Gasteiger partial charge in [-0.25, -0.2) is 13.1 Å². The fourth-order valence-corrected chi connectivity index (χ4v) is 2.60. The Kier molecular flexibility index (Phi) is 6.59. The molecule has 0 amide bonds. The van der Waals surface area contributed by atoms with Gasteiger partial charge in [0.2, 0.25) is 10.0 Å². The van der Waals surface area contributed by atoms with Crippen LogP contribution >= 0.6 is 0 Å². The van der Waals surface area contributed by atoms with Gasteiger partial charge in [0.05, 0.1) is 5.75 Å². The van der Waals surface area contributed by atoms with E-state index in [4.69, 9.17) is 5.73 Å². The minimum atomic E-state index is -4.31. The highest BCUT2D eigenvalue weighted by Gasteiger charge is 2.28. The first-order valence-corrected chi connectivity index (χ1v) is 7.37. The molecule has 4 nitrogen and oxygen atoms in total. The Morgan fingerprint density at radius 2 is 1.72 bits per heavy atom. The Labute approximate surface area is 106 Å². The van der Waals surface area contributed by atoms with Gasteiger partial charge in [-0.05, 0) is 24.8 Å². The molecule has 0 aromatic carbocycles. The van der Waals surface area contributed by atoms with E-state index >= 15 is 0 Å². The molecule has 0 atom stereocenters. The Morgan fingerprint density at radius 3 is 2.17 bits per heavy atom. The van der Waals surface area contributed by atoms with Crippen molar-refractivity contribution < 1.29 is 21.6 Å². The number of hydrogen-bond acceptors (Lipinski definition) is 3. The number of nitrogens with one attached hydrogen (secondary N) is 1. The van der Waals surface area contributed by atoms with Gasteiger partial charge in [-0.1, -0.05) is 13.8 Å². The smallest absolute Gasteiger partial charge is 0.330 e. The van der Waals surface area contributed by atoms with Crippen LogP contribution in [0.5, 0.6) is 0 Å². The predicted molar refractivity (Wildman–Crippen MR) is 64.5 cm³/mol. The van der Waals surface area contributed by atoms with E-state index in [1.807, 2.05) is 13.8 Å². The maximum Gasteiger partial charge on any atom is 0.389 e. The molecule has 0 rings (SSSR count). The van der Waals surface area contributed by atoms with Crippen LogP contribution in [0, 0.1) is 5.41 Å². The molecule has 0 aromatic heterocycles. The zero-order valence-corrected chi connectivity index (χ0v) is 11.5. The molecule has 0 aliphatic heterocycles. The SMILES string of the molecule is CC(C)(CCN)CNS(=O)(=O)CCCC(F)(F)F. The normalized spacial score (nSPS) is 13.9. The van der Waals surface area contributed by atoms with Crippen LogP contribution in [0.4, 0.5) is 13.2 Å². The maximum absolute atomic E-state index is 11.9. The van der Waals surface area contributed by atoms with Crippen LogP contribution in [0.15, 0.2) is 0 Å².